The van der Waals surface area contributed by atoms with Gasteiger partial charge in [0.2, 0.25) is 0 Å². The zero-order chi connectivity index (χ0) is 13.4. The van der Waals surface area contributed by atoms with Crippen molar-refractivity contribution in [2.45, 2.75) is 52.1 Å². The molecular weight excluding hydrogens is 230 g/mol. The number of aliphatic hydroxyl groups excluding tert-OH is 1. The van der Waals surface area contributed by atoms with E-state index in [4.69, 9.17) is 4.74 Å². The smallest absolute Gasteiger partial charge is 0.410 e. The van der Waals surface area contributed by atoms with Crippen molar-refractivity contribution in [3.8, 4) is 0 Å². The van der Waals surface area contributed by atoms with E-state index in [9.17, 15) is 9.90 Å². The maximum Gasteiger partial charge on any atom is 0.410 e. The molecule has 0 spiro atoms. The fourth-order valence-corrected chi connectivity index (χ4v) is 2.85. The van der Waals surface area contributed by atoms with E-state index in [-0.39, 0.29) is 18.1 Å². The molecule has 4 heteroatoms. The Morgan fingerprint density at radius 2 is 1.89 bits per heavy atom. The molecule has 0 aromatic rings. The average Bonchev–Trinajstić information content (AvgIpc) is 3.11. The van der Waals surface area contributed by atoms with Crippen LogP contribution >= 0.6 is 0 Å². The van der Waals surface area contributed by atoms with Gasteiger partial charge >= 0.3 is 6.09 Å². The Morgan fingerprint density at radius 3 is 2.28 bits per heavy atom. The largest absolute Gasteiger partial charge is 0.444 e. The van der Waals surface area contributed by atoms with Gasteiger partial charge < -0.3 is 14.7 Å². The van der Waals surface area contributed by atoms with E-state index in [0.29, 0.717) is 19.0 Å². The summed E-state index contributed by atoms with van der Waals surface area (Å²) in [4.78, 5) is 13.7. The van der Waals surface area contributed by atoms with Crippen LogP contribution in [0, 0.1) is 11.3 Å². The Bertz CT molecular complexity index is 309. The lowest BCUT2D eigenvalue weighted by molar-refractivity contribution is -0.00664. The standard InChI is InChI=1S/C14H25NO3/c1-13(2,3)18-12(17)15-8-6-14(10-16,7-9-15)11-4-5-11/h11,16H,4-10H2,1-3H3. The van der Waals surface area contributed by atoms with Gasteiger partial charge in [0.25, 0.3) is 0 Å². The zero-order valence-electron chi connectivity index (χ0n) is 11.7. The third-order valence-electron chi connectivity index (χ3n) is 4.17. The number of aliphatic hydroxyl groups is 1. The molecule has 0 bridgehead atoms. The van der Waals surface area contributed by atoms with E-state index >= 15 is 0 Å². The Balaban J connectivity index is 1.88. The van der Waals surface area contributed by atoms with Gasteiger partial charge in [0.05, 0.1) is 0 Å². The normalized spacial score (nSPS) is 23.9. The molecular formula is C14H25NO3. The number of amides is 1. The van der Waals surface area contributed by atoms with Crippen LogP contribution in [0.15, 0.2) is 0 Å². The summed E-state index contributed by atoms with van der Waals surface area (Å²) in [7, 11) is 0. The topological polar surface area (TPSA) is 49.8 Å². The van der Waals surface area contributed by atoms with Gasteiger partial charge in [0, 0.05) is 19.7 Å². The first-order valence-electron chi connectivity index (χ1n) is 6.95. The molecule has 0 radical (unpaired) electrons. The van der Waals surface area contributed by atoms with Gasteiger partial charge in [-0.15, -0.1) is 0 Å². The molecule has 0 aromatic carbocycles. The number of likely N-dealkylation sites (tertiary alicyclic amines) is 1. The average molecular weight is 255 g/mol. The first-order chi connectivity index (χ1) is 8.36. The number of piperidine rings is 1. The highest BCUT2D eigenvalue weighted by molar-refractivity contribution is 5.68. The van der Waals surface area contributed by atoms with Crippen molar-refractivity contribution in [2.24, 2.45) is 11.3 Å². The van der Waals surface area contributed by atoms with Crippen LogP contribution in [-0.2, 0) is 4.74 Å². The van der Waals surface area contributed by atoms with Gasteiger partial charge in [0.15, 0.2) is 0 Å². The quantitative estimate of drug-likeness (QED) is 0.824. The summed E-state index contributed by atoms with van der Waals surface area (Å²) in [5.74, 6) is 0.684. The second kappa shape index (κ2) is 4.72. The molecule has 2 rings (SSSR count). The third-order valence-corrected chi connectivity index (χ3v) is 4.17. The second-order valence-corrected chi connectivity index (χ2v) is 6.76. The van der Waals surface area contributed by atoms with Crippen LogP contribution in [0.3, 0.4) is 0 Å². The molecule has 4 nitrogen and oxygen atoms in total. The Morgan fingerprint density at radius 1 is 1.33 bits per heavy atom. The van der Waals surface area contributed by atoms with Crippen LogP contribution in [0.2, 0.25) is 0 Å². The van der Waals surface area contributed by atoms with Crippen LogP contribution in [0.5, 0.6) is 0 Å². The number of carbonyl (C=O) groups excluding carboxylic acids is 1. The van der Waals surface area contributed by atoms with E-state index in [0.717, 1.165) is 12.8 Å². The minimum Gasteiger partial charge on any atom is -0.444 e. The first kappa shape index (κ1) is 13.7. The highest BCUT2D eigenvalue weighted by Gasteiger charge is 2.47. The molecule has 1 N–H and O–H groups in total. The van der Waals surface area contributed by atoms with E-state index in [1.54, 1.807) is 4.90 Å². The summed E-state index contributed by atoms with van der Waals surface area (Å²) in [6.07, 6.45) is 4.09. The number of rotatable bonds is 2. The van der Waals surface area contributed by atoms with Gasteiger partial charge in [-0.05, 0) is 57.8 Å². The zero-order valence-corrected chi connectivity index (χ0v) is 11.7. The summed E-state index contributed by atoms with van der Waals surface area (Å²) in [5.41, 5.74) is -0.350. The molecule has 104 valence electrons. The predicted octanol–water partition coefficient (Wildman–Crippen LogP) is 2.41. The summed E-state index contributed by atoms with van der Waals surface area (Å²) in [5, 5.41) is 9.63. The van der Waals surface area contributed by atoms with E-state index in [1.807, 2.05) is 20.8 Å². The molecule has 0 atom stereocenters. The van der Waals surface area contributed by atoms with Crippen LogP contribution in [0.4, 0.5) is 4.79 Å². The maximum atomic E-state index is 11.9. The number of hydrogen-bond acceptors (Lipinski definition) is 3. The van der Waals surface area contributed by atoms with E-state index < -0.39 is 5.60 Å². The van der Waals surface area contributed by atoms with Crippen molar-refractivity contribution in [2.75, 3.05) is 19.7 Å². The molecule has 1 saturated carbocycles. The van der Waals surface area contributed by atoms with Crippen molar-refractivity contribution in [3.05, 3.63) is 0 Å². The van der Waals surface area contributed by atoms with Crippen molar-refractivity contribution in [1.82, 2.24) is 4.90 Å². The molecule has 1 aliphatic heterocycles. The number of nitrogens with zero attached hydrogens (tertiary/aromatic N) is 1. The lowest BCUT2D eigenvalue weighted by Gasteiger charge is -2.41. The summed E-state index contributed by atoms with van der Waals surface area (Å²) < 4.78 is 5.38. The van der Waals surface area contributed by atoms with Crippen molar-refractivity contribution in [3.63, 3.8) is 0 Å². The minimum atomic E-state index is -0.431. The molecule has 2 aliphatic rings. The van der Waals surface area contributed by atoms with Crippen LogP contribution in [0.1, 0.15) is 46.5 Å². The van der Waals surface area contributed by atoms with E-state index in [1.165, 1.54) is 12.8 Å². The lowest BCUT2D eigenvalue weighted by Crippen LogP contribution is -2.47. The van der Waals surface area contributed by atoms with Gasteiger partial charge in [-0.1, -0.05) is 0 Å². The molecule has 0 unspecified atom stereocenters. The SMILES string of the molecule is CC(C)(C)OC(=O)N1CCC(CO)(C2CC2)CC1. The third kappa shape index (κ3) is 2.97. The van der Waals surface area contributed by atoms with Crippen LogP contribution in [0.25, 0.3) is 0 Å². The Hall–Kier alpha value is -0.770. The van der Waals surface area contributed by atoms with Gasteiger partial charge in [-0.25, -0.2) is 4.79 Å². The molecule has 1 amide bonds. The number of hydrogen-bond donors (Lipinski definition) is 1. The van der Waals surface area contributed by atoms with Gasteiger partial charge in [0.1, 0.15) is 5.60 Å². The highest BCUT2D eigenvalue weighted by atomic mass is 16.6. The molecule has 1 saturated heterocycles. The summed E-state index contributed by atoms with van der Waals surface area (Å²) in [6, 6.07) is 0. The Kier molecular flexibility index (Phi) is 3.58. The maximum absolute atomic E-state index is 11.9. The molecule has 2 fully saturated rings. The van der Waals surface area contributed by atoms with Crippen LogP contribution < -0.4 is 0 Å². The van der Waals surface area contributed by atoms with Gasteiger partial charge in [-0.3, -0.25) is 0 Å². The van der Waals surface area contributed by atoms with Gasteiger partial charge in [-0.2, -0.15) is 0 Å². The first-order valence-corrected chi connectivity index (χ1v) is 6.95. The molecule has 1 aliphatic carbocycles. The number of ether oxygens (including phenoxy) is 1. The molecule has 18 heavy (non-hydrogen) atoms. The Labute approximate surface area is 109 Å². The predicted molar refractivity (Wildman–Crippen MR) is 69.3 cm³/mol. The number of carbonyl (C=O) groups is 1. The minimum absolute atomic E-state index is 0.0819. The van der Waals surface area contributed by atoms with Crippen molar-refractivity contribution in [1.29, 1.82) is 0 Å². The highest BCUT2D eigenvalue weighted by Crippen LogP contribution is 2.51. The molecule has 1 heterocycles. The van der Waals surface area contributed by atoms with Crippen molar-refractivity contribution < 1.29 is 14.6 Å². The second-order valence-electron chi connectivity index (χ2n) is 6.76. The molecule has 0 aromatic heterocycles. The van der Waals surface area contributed by atoms with E-state index in [2.05, 4.69) is 0 Å². The monoisotopic (exact) mass is 255 g/mol. The summed E-state index contributed by atoms with van der Waals surface area (Å²) in [6.45, 7) is 7.35. The fraction of sp³-hybridized carbons (Fsp3) is 0.929. The fourth-order valence-electron chi connectivity index (χ4n) is 2.85. The van der Waals surface area contributed by atoms with Crippen LogP contribution in [-0.4, -0.2) is 41.4 Å². The summed E-state index contributed by atoms with van der Waals surface area (Å²) >= 11 is 0. The van der Waals surface area contributed by atoms with Crippen molar-refractivity contribution >= 4 is 6.09 Å². The lowest BCUT2D eigenvalue weighted by atomic mass is 9.75.